The van der Waals surface area contributed by atoms with Crippen LogP contribution in [0.1, 0.15) is 36.8 Å². The Bertz CT molecular complexity index is 719. The van der Waals surface area contributed by atoms with E-state index >= 15 is 0 Å². The molecule has 1 atom stereocenters. The summed E-state index contributed by atoms with van der Waals surface area (Å²) in [7, 11) is 0. The molecule has 7 nitrogen and oxygen atoms in total. The number of urea groups is 1. The first-order valence-corrected chi connectivity index (χ1v) is 9.37. The van der Waals surface area contributed by atoms with Crippen molar-refractivity contribution >= 4 is 28.2 Å². The maximum absolute atomic E-state index is 12.0. The topological polar surface area (TPSA) is 96.2 Å². The molecular weight excluding hydrogens is 336 g/mol. The van der Waals surface area contributed by atoms with Crippen LogP contribution in [-0.2, 0) is 13.1 Å². The van der Waals surface area contributed by atoms with E-state index in [9.17, 15) is 4.79 Å². The van der Waals surface area contributed by atoms with Crippen molar-refractivity contribution in [2.24, 2.45) is 0 Å². The van der Waals surface area contributed by atoms with Gasteiger partial charge in [0.1, 0.15) is 5.01 Å². The number of likely N-dealkylation sites (tertiary alicyclic amines) is 1. The number of nitrogens with one attached hydrogen (secondary N) is 2. The highest BCUT2D eigenvalue weighted by Crippen LogP contribution is 2.20. The third kappa shape index (κ3) is 5.14. The maximum Gasteiger partial charge on any atom is 0.319 e. The van der Waals surface area contributed by atoms with Gasteiger partial charge in [0.15, 0.2) is 0 Å². The highest BCUT2D eigenvalue weighted by molar-refractivity contribution is 7.15. The number of piperidine rings is 1. The number of amides is 2. The third-order valence-corrected chi connectivity index (χ3v) is 5.15. The van der Waals surface area contributed by atoms with Crippen LogP contribution in [0.3, 0.4) is 0 Å². The molecule has 134 valence electrons. The lowest BCUT2D eigenvalue weighted by atomic mass is 10.0. The molecule has 0 radical (unpaired) electrons. The van der Waals surface area contributed by atoms with Gasteiger partial charge in [-0.1, -0.05) is 29.9 Å². The first-order valence-electron chi connectivity index (χ1n) is 8.56. The number of anilines is 2. The van der Waals surface area contributed by atoms with Gasteiger partial charge in [0.2, 0.25) is 5.13 Å². The second-order valence-corrected chi connectivity index (χ2v) is 7.45. The molecule has 0 spiro atoms. The second-order valence-electron chi connectivity index (χ2n) is 6.36. The van der Waals surface area contributed by atoms with E-state index in [1.54, 1.807) is 0 Å². The number of carbonyl (C=O) groups excluding carboxylic acids is 1. The fraction of sp³-hybridized carbons (Fsp3) is 0.471. The summed E-state index contributed by atoms with van der Waals surface area (Å²) in [4.78, 5) is 14.5. The Morgan fingerprint density at radius 2 is 2.28 bits per heavy atom. The van der Waals surface area contributed by atoms with E-state index in [1.807, 2.05) is 18.2 Å². The first-order chi connectivity index (χ1) is 12.1. The Balaban J connectivity index is 1.52. The zero-order chi connectivity index (χ0) is 17.6. The summed E-state index contributed by atoms with van der Waals surface area (Å²) in [6.07, 6.45) is 3.84. The standard InChI is InChI=1S/C17H24N6OS/c1-12-5-2-3-8-23(12)11-13-6-4-7-14(9-13)20-17(24)19-10-15-21-22-16(18)25-15/h4,6-7,9,12H,2-3,5,8,10-11H2,1H3,(H2,18,22)(H2,19,20,24). The fourth-order valence-corrected chi connectivity index (χ4v) is 3.59. The molecule has 0 saturated carbocycles. The van der Waals surface area contributed by atoms with Crippen LogP contribution >= 0.6 is 11.3 Å². The predicted molar refractivity (Wildman–Crippen MR) is 100 cm³/mol. The Labute approximate surface area is 151 Å². The van der Waals surface area contributed by atoms with Crippen molar-refractivity contribution in [3.05, 3.63) is 34.8 Å². The molecule has 25 heavy (non-hydrogen) atoms. The monoisotopic (exact) mass is 360 g/mol. The number of nitrogen functional groups attached to an aromatic ring is 1. The fourth-order valence-electron chi connectivity index (χ4n) is 3.04. The normalized spacial score (nSPS) is 18.0. The van der Waals surface area contributed by atoms with Crippen LogP contribution in [0, 0.1) is 0 Å². The Hall–Kier alpha value is -2.19. The van der Waals surface area contributed by atoms with E-state index in [0.717, 1.165) is 18.8 Å². The molecule has 0 bridgehead atoms. The molecule has 0 aliphatic carbocycles. The van der Waals surface area contributed by atoms with Gasteiger partial charge in [-0.2, -0.15) is 0 Å². The number of hydrogen-bond donors (Lipinski definition) is 3. The van der Waals surface area contributed by atoms with Gasteiger partial charge in [0.25, 0.3) is 0 Å². The highest BCUT2D eigenvalue weighted by atomic mass is 32.1. The summed E-state index contributed by atoms with van der Waals surface area (Å²) in [5, 5.41) is 14.3. The summed E-state index contributed by atoms with van der Waals surface area (Å²) in [5.74, 6) is 0. The lowest BCUT2D eigenvalue weighted by Crippen LogP contribution is -2.36. The summed E-state index contributed by atoms with van der Waals surface area (Å²) in [5.41, 5.74) is 7.52. The van der Waals surface area contributed by atoms with Crippen molar-refractivity contribution in [2.45, 2.75) is 45.3 Å². The average Bonchev–Trinajstić information content (AvgIpc) is 3.01. The number of carbonyl (C=O) groups is 1. The average molecular weight is 360 g/mol. The zero-order valence-electron chi connectivity index (χ0n) is 14.4. The molecule has 2 heterocycles. The van der Waals surface area contributed by atoms with Crippen molar-refractivity contribution in [1.29, 1.82) is 0 Å². The predicted octanol–water partition coefficient (Wildman–Crippen LogP) is 2.82. The molecule has 3 rings (SSSR count). The molecule has 1 aromatic carbocycles. The quantitative estimate of drug-likeness (QED) is 0.762. The number of nitrogens with zero attached hydrogens (tertiary/aromatic N) is 3. The molecule has 1 fully saturated rings. The van der Waals surface area contributed by atoms with Crippen molar-refractivity contribution in [2.75, 3.05) is 17.6 Å². The number of rotatable bonds is 5. The van der Waals surface area contributed by atoms with Crippen LogP contribution in [0.5, 0.6) is 0 Å². The third-order valence-electron chi connectivity index (χ3n) is 4.39. The van der Waals surface area contributed by atoms with Gasteiger partial charge in [0, 0.05) is 18.3 Å². The van der Waals surface area contributed by atoms with E-state index in [4.69, 9.17) is 5.73 Å². The minimum absolute atomic E-state index is 0.266. The minimum atomic E-state index is -0.266. The van der Waals surface area contributed by atoms with Crippen molar-refractivity contribution in [1.82, 2.24) is 20.4 Å². The van der Waals surface area contributed by atoms with E-state index in [1.165, 1.54) is 36.2 Å². The number of benzene rings is 1. The molecule has 1 unspecified atom stereocenters. The molecule has 2 amide bonds. The van der Waals surface area contributed by atoms with E-state index in [0.29, 0.717) is 22.7 Å². The molecule has 4 N–H and O–H groups in total. The van der Waals surface area contributed by atoms with E-state index in [-0.39, 0.29) is 6.03 Å². The highest BCUT2D eigenvalue weighted by Gasteiger charge is 2.18. The molecule has 1 aliphatic rings. The number of nitrogens with two attached hydrogens (primary N) is 1. The second kappa shape index (κ2) is 8.26. The van der Waals surface area contributed by atoms with Gasteiger partial charge < -0.3 is 16.4 Å². The zero-order valence-corrected chi connectivity index (χ0v) is 15.2. The van der Waals surface area contributed by atoms with Crippen LogP contribution in [0.15, 0.2) is 24.3 Å². The molecule has 1 aliphatic heterocycles. The summed E-state index contributed by atoms with van der Waals surface area (Å²) in [6.45, 7) is 4.66. The molecular formula is C17H24N6OS. The number of aromatic nitrogens is 2. The molecule has 1 saturated heterocycles. The van der Waals surface area contributed by atoms with Gasteiger partial charge in [-0.05, 0) is 44.0 Å². The van der Waals surface area contributed by atoms with E-state index in [2.05, 4.69) is 38.7 Å². The van der Waals surface area contributed by atoms with Gasteiger partial charge in [-0.15, -0.1) is 10.2 Å². The summed E-state index contributed by atoms with van der Waals surface area (Å²) < 4.78 is 0. The SMILES string of the molecule is CC1CCCCN1Cc1cccc(NC(=O)NCc2nnc(N)s2)c1. The van der Waals surface area contributed by atoms with Gasteiger partial charge in [-0.3, -0.25) is 4.90 Å². The maximum atomic E-state index is 12.0. The van der Waals surface area contributed by atoms with Gasteiger partial charge in [-0.25, -0.2) is 4.79 Å². The Morgan fingerprint density at radius 1 is 1.40 bits per heavy atom. The molecule has 8 heteroatoms. The van der Waals surface area contributed by atoms with Gasteiger partial charge >= 0.3 is 6.03 Å². The van der Waals surface area contributed by atoms with Crippen LogP contribution in [0.4, 0.5) is 15.6 Å². The van der Waals surface area contributed by atoms with Crippen LogP contribution < -0.4 is 16.4 Å². The van der Waals surface area contributed by atoms with Crippen molar-refractivity contribution < 1.29 is 4.79 Å². The first kappa shape index (κ1) is 17.6. The summed E-state index contributed by atoms with van der Waals surface area (Å²) >= 11 is 1.27. The van der Waals surface area contributed by atoms with Crippen LogP contribution in [0.25, 0.3) is 0 Å². The lowest BCUT2D eigenvalue weighted by molar-refractivity contribution is 0.152. The lowest BCUT2D eigenvalue weighted by Gasteiger charge is -2.33. The van der Waals surface area contributed by atoms with E-state index < -0.39 is 0 Å². The van der Waals surface area contributed by atoms with Crippen LogP contribution in [-0.4, -0.2) is 33.7 Å². The Morgan fingerprint density at radius 3 is 3.04 bits per heavy atom. The Kier molecular flexibility index (Phi) is 5.83. The minimum Gasteiger partial charge on any atom is -0.374 e. The smallest absolute Gasteiger partial charge is 0.319 e. The van der Waals surface area contributed by atoms with Crippen LogP contribution in [0.2, 0.25) is 0 Å². The van der Waals surface area contributed by atoms with Crippen molar-refractivity contribution in [3.63, 3.8) is 0 Å². The van der Waals surface area contributed by atoms with Gasteiger partial charge in [0.05, 0.1) is 6.54 Å². The molecule has 1 aromatic heterocycles. The molecule has 2 aromatic rings. The number of hydrogen-bond acceptors (Lipinski definition) is 6. The van der Waals surface area contributed by atoms with Crippen molar-refractivity contribution in [3.8, 4) is 0 Å². The largest absolute Gasteiger partial charge is 0.374 e. The summed E-state index contributed by atoms with van der Waals surface area (Å²) in [6, 6.07) is 8.36.